The van der Waals surface area contributed by atoms with Gasteiger partial charge in [0, 0.05) is 18.1 Å². The third kappa shape index (κ3) is 1.82. The quantitative estimate of drug-likeness (QED) is 0.715. The summed E-state index contributed by atoms with van der Waals surface area (Å²) in [7, 11) is 2.34. The summed E-state index contributed by atoms with van der Waals surface area (Å²) in [5.74, 6) is 0.959. The van der Waals surface area contributed by atoms with Crippen LogP contribution in [0.4, 0.5) is 0 Å². The van der Waals surface area contributed by atoms with Gasteiger partial charge in [-0.25, -0.2) is 0 Å². The summed E-state index contributed by atoms with van der Waals surface area (Å²) in [6, 6.07) is 2.75. The highest BCUT2D eigenvalue weighted by molar-refractivity contribution is 4.96. The van der Waals surface area contributed by atoms with E-state index in [0.29, 0.717) is 0 Å². The zero-order valence-corrected chi connectivity index (χ0v) is 9.21. The summed E-state index contributed by atoms with van der Waals surface area (Å²) in [6.07, 6.45) is 8.67. The van der Waals surface area contributed by atoms with Gasteiger partial charge in [-0.15, -0.1) is 0 Å². The molecule has 2 heteroatoms. The molecule has 0 aromatic rings. The molecule has 0 amide bonds. The van der Waals surface area contributed by atoms with Crippen LogP contribution in [0.15, 0.2) is 0 Å². The predicted octanol–water partition coefficient (Wildman–Crippen LogP) is 1.61. The Kier molecular flexibility index (Phi) is 2.29. The van der Waals surface area contributed by atoms with Crippen molar-refractivity contribution in [1.82, 2.24) is 10.2 Å². The summed E-state index contributed by atoms with van der Waals surface area (Å²) in [6.45, 7) is 1.28. The second-order valence-electron chi connectivity index (χ2n) is 5.48. The van der Waals surface area contributed by atoms with Crippen LogP contribution < -0.4 is 5.32 Å². The number of rotatable bonds is 5. The molecule has 80 valence electrons. The van der Waals surface area contributed by atoms with Gasteiger partial charge in [-0.05, 0) is 58.0 Å². The molecule has 0 radical (unpaired) electrons. The molecule has 3 saturated carbocycles. The highest BCUT2D eigenvalue weighted by Crippen LogP contribution is 2.37. The van der Waals surface area contributed by atoms with E-state index in [-0.39, 0.29) is 0 Å². The average Bonchev–Trinajstić information content (AvgIpc) is 2.99. The van der Waals surface area contributed by atoms with Crippen LogP contribution in [0.3, 0.4) is 0 Å². The van der Waals surface area contributed by atoms with Crippen molar-refractivity contribution in [3.05, 3.63) is 0 Å². The zero-order valence-electron chi connectivity index (χ0n) is 9.21. The fraction of sp³-hybridized carbons (Fsp3) is 1.00. The Morgan fingerprint density at radius 3 is 2.36 bits per heavy atom. The maximum Gasteiger partial charge on any atom is 0.0136 e. The fourth-order valence-electron chi connectivity index (χ4n) is 2.68. The highest BCUT2D eigenvalue weighted by Gasteiger charge is 2.40. The lowest BCUT2D eigenvalue weighted by Gasteiger charge is -2.43. The SMILES string of the molecule is CN(C1CC1)C1CCC1CNC1CC1. The van der Waals surface area contributed by atoms with Gasteiger partial charge in [0.1, 0.15) is 0 Å². The molecule has 3 fully saturated rings. The molecule has 2 atom stereocenters. The van der Waals surface area contributed by atoms with Crippen LogP contribution in [-0.2, 0) is 0 Å². The molecule has 0 bridgehead atoms. The topological polar surface area (TPSA) is 15.3 Å². The molecular weight excluding hydrogens is 172 g/mol. The molecular formula is C12H22N2. The van der Waals surface area contributed by atoms with Gasteiger partial charge in [0.05, 0.1) is 0 Å². The van der Waals surface area contributed by atoms with Gasteiger partial charge >= 0.3 is 0 Å². The fourth-order valence-corrected chi connectivity index (χ4v) is 2.68. The Morgan fingerprint density at radius 2 is 1.86 bits per heavy atom. The summed E-state index contributed by atoms with van der Waals surface area (Å²) < 4.78 is 0. The standard InChI is InChI=1S/C12H22N2/c1-14(11-5-6-11)12-7-2-9(12)8-13-10-3-4-10/h9-13H,2-8H2,1H3. The van der Waals surface area contributed by atoms with Crippen LogP contribution in [0.2, 0.25) is 0 Å². The van der Waals surface area contributed by atoms with Crippen LogP contribution in [0.5, 0.6) is 0 Å². The first-order valence-electron chi connectivity index (χ1n) is 6.30. The van der Waals surface area contributed by atoms with Crippen molar-refractivity contribution < 1.29 is 0 Å². The number of hydrogen-bond donors (Lipinski definition) is 1. The van der Waals surface area contributed by atoms with Crippen LogP contribution in [0.1, 0.15) is 38.5 Å². The van der Waals surface area contributed by atoms with Gasteiger partial charge < -0.3 is 10.2 Å². The maximum atomic E-state index is 3.68. The Bertz CT molecular complexity index is 208. The largest absolute Gasteiger partial charge is 0.314 e. The molecule has 0 heterocycles. The third-order valence-corrected chi connectivity index (χ3v) is 4.27. The first kappa shape index (κ1) is 9.17. The van der Waals surface area contributed by atoms with Crippen molar-refractivity contribution in [2.75, 3.05) is 13.6 Å². The van der Waals surface area contributed by atoms with Crippen LogP contribution in [0.25, 0.3) is 0 Å². The molecule has 14 heavy (non-hydrogen) atoms. The summed E-state index contributed by atoms with van der Waals surface area (Å²) >= 11 is 0. The van der Waals surface area contributed by atoms with Crippen molar-refractivity contribution in [2.24, 2.45) is 5.92 Å². The van der Waals surface area contributed by atoms with E-state index in [0.717, 1.165) is 24.0 Å². The van der Waals surface area contributed by atoms with Gasteiger partial charge in [0.15, 0.2) is 0 Å². The first-order chi connectivity index (χ1) is 6.84. The Morgan fingerprint density at radius 1 is 1.07 bits per heavy atom. The van der Waals surface area contributed by atoms with E-state index in [1.54, 1.807) is 0 Å². The minimum Gasteiger partial charge on any atom is -0.314 e. The smallest absolute Gasteiger partial charge is 0.0136 e. The van der Waals surface area contributed by atoms with E-state index in [1.165, 1.54) is 45.1 Å². The maximum absolute atomic E-state index is 3.68. The lowest BCUT2D eigenvalue weighted by molar-refractivity contribution is 0.0774. The van der Waals surface area contributed by atoms with Crippen LogP contribution in [-0.4, -0.2) is 36.6 Å². The lowest BCUT2D eigenvalue weighted by atomic mass is 9.78. The molecule has 3 aliphatic rings. The average molecular weight is 194 g/mol. The van der Waals surface area contributed by atoms with Crippen molar-refractivity contribution in [1.29, 1.82) is 0 Å². The zero-order chi connectivity index (χ0) is 9.54. The van der Waals surface area contributed by atoms with Crippen molar-refractivity contribution in [3.8, 4) is 0 Å². The normalized spacial score (nSPS) is 37.3. The van der Waals surface area contributed by atoms with E-state index in [2.05, 4.69) is 17.3 Å². The van der Waals surface area contributed by atoms with Gasteiger partial charge in [-0.1, -0.05) is 0 Å². The molecule has 1 N–H and O–H groups in total. The van der Waals surface area contributed by atoms with Crippen LogP contribution >= 0.6 is 0 Å². The van der Waals surface area contributed by atoms with Crippen molar-refractivity contribution >= 4 is 0 Å². The van der Waals surface area contributed by atoms with E-state index < -0.39 is 0 Å². The minimum absolute atomic E-state index is 0.891. The van der Waals surface area contributed by atoms with Gasteiger partial charge in [-0.2, -0.15) is 0 Å². The van der Waals surface area contributed by atoms with E-state index in [9.17, 15) is 0 Å². The molecule has 0 aliphatic heterocycles. The number of hydrogen-bond acceptors (Lipinski definition) is 2. The Labute approximate surface area is 87.0 Å². The number of nitrogens with one attached hydrogen (secondary N) is 1. The summed E-state index contributed by atoms with van der Waals surface area (Å²) in [5, 5.41) is 3.68. The Balaban J connectivity index is 1.44. The van der Waals surface area contributed by atoms with E-state index >= 15 is 0 Å². The van der Waals surface area contributed by atoms with Gasteiger partial charge in [0.2, 0.25) is 0 Å². The predicted molar refractivity (Wildman–Crippen MR) is 58.3 cm³/mol. The van der Waals surface area contributed by atoms with E-state index in [1.807, 2.05) is 0 Å². The second kappa shape index (κ2) is 3.49. The molecule has 0 saturated heterocycles. The van der Waals surface area contributed by atoms with E-state index in [4.69, 9.17) is 0 Å². The highest BCUT2D eigenvalue weighted by atomic mass is 15.2. The second-order valence-corrected chi connectivity index (χ2v) is 5.48. The minimum atomic E-state index is 0.891. The van der Waals surface area contributed by atoms with Crippen LogP contribution in [0, 0.1) is 5.92 Å². The third-order valence-electron chi connectivity index (χ3n) is 4.27. The molecule has 0 aromatic carbocycles. The molecule has 3 aliphatic carbocycles. The van der Waals surface area contributed by atoms with Gasteiger partial charge in [0.25, 0.3) is 0 Å². The monoisotopic (exact) mass is 194 g/mol. The molecule has 2 nitrogen and oxygen atoms in total. The molecule has 0 spiro atoms. The lowest BCUT2D eigenvalue weighted by Crippen LogP contribution is -2.50. The van der Waals surface area contributed by atoms with Crippen molar-refractivity contribution in [2.45, 2.75) is 56.7 Å². The Hall–Kier alpha value is -0.0800. The molecule has 0 aromatic heterocycles. The summed E-state index contributed by atoms with van der Waals surface area (Å²) in [5.41, 5.74) is 0. The molecule has 2 unspecified atom stereocenters. The number of nitrogens with zero attached hydrogens (tertiary/aromatic N) is 1. The first-order valence-corrected chi connectivity index (χ1v) is 6.30. The van der Waals surface area contributed by atoms with Gasteiger partial charge in [-0.3, -0.25) is 0 Å². The molecule has 3 rings (SSSR count). The summed E-state index contributed by atoms with van der Waals surface area (Å²) in [4.78, 5) is 2.66. The van der Waals surface area contributed by atoms with Crippen molar-refractivity contribution in [3.63, 3.8) is 0 Å².